The normalized spacial score (nSPS) is 15.9. The van der Waals surface area contributed by atoms with Gasteiger partial charge in [-0.05, 0) is 18.2 Å². The monoisotopic (exact) mass is 314 g/mol. The number of ether oxygens (including phenoxy) is 3. The van der Waals surface area contributed by atoms with Crippen LogP contribution < -0.4 is 0 Å². The van der Waals surface area contributed by atoms with Crippen molar-refractivity contribution in [1.29, 1.82) is 0 Å². The van der Waals surface area contributed by atoms with E-state index in [1.165, 1.54) is 14.2 Å². The average molecular weight is 314 g/mol. The highest BCUT2D eigenvalue weighted by molar-refractivity contribution is 5.91. The van der Waals surface area contributed by atoms with Crippen molar-refractivity contribution in [2.24, 2.45) is 0 Å². The second-order valence-corrected chi connectivity index (χ2v) is 4.57. The minimum atomic E-state index is -0.580. The molecule has 1 aliphatic rings. The Hall–Kier alpha value is -3.16. The molecular formula is C15H14N4O4. The molecule has 0 spiro atoms. The lowest BCUT2D eigenvalue weighted by atomic mass is 10.3. The highest BCUT2D eigenvalue weighted by Gasteiger charge is 2.32. The number of cyclic esters (lactones) is 1. The number of hydrogen-bond donors (Lipinski definition) is 0. The van der Waals surface area contributed by atoms with E-state index in [4.69, 9.17) is 14.2 Å². The fraction of sp³-hybridized carbons (Fsp3) is 0.200. The molecule has 0 aliphatic carbocycles. The lowest BCUT2D eigenvalue weighted by Gasteiger charge is -2.02. The summed E-state index contributed by atoms with van der Waals surface area (Å²) in [4.78, 5) is 15.8. The van der Waals surface area contributed by atoms with Crippen LogP contribution in [0.4, 0.5) is 0 Å². The molecular weight excluding hydrogens is 300 g/mol. The Morgan fingerprint density at radius 1 is 1.22 bits per heavy atom. The van der Waals surface area contributed by atoms with E-state index in [-0.39, 0.29) is 11.5 Å². The summed E-state index contributed by atoms with van der Waals surface area (Å²) in [7, 11) is 2.83. The van der Waals surface area contributed by atoms with Crippen LogP contribution in [0.3, 0.4) is 0 Å². The molecule has 118 valence electrons. The van der Waals surface area contributed by atoms with Gasteiger partial charge in [0.15, 0.2) is 5.76 Å². The Morgan fingerprint density at radius 2 is 2.04 bits per heavy atom. The minimum Gasteiger partial charge on any atom is -0.490 e. The fourth-order valence-corrected chi connectivity index (χ4v) is 2.10. The predicted molar refractivity (Wildman–Crippen MR) is 78.5 cm³/mol. The van der Waals surface area contributed by atoms with Crippen molar-refractivity contribution in [3.05, 3.63) is 53.9 Å². The van der Waals surface area contributed by atoms with E-state index in [0.29, 0.717) is 18.0 Å². The summed E-state index contributed by atoms with van der Waals surface area (Å²) in [5.41, 5.74) is 1.39. The zero-order valence-corrected chi connectivity index (χ0v) is 12.6. The van der Waals surface area contributed by atoms with Gasteiger partial charge in [-0.2, -0.15) is 0 Å². The first-order valence-corrected chi connectivity index (χ1v) is 6.79. The van der Waals surface area contributed by atoms with Gasteiger partial charge in [0.1, 0.15) is 5.69 Å². The summed E-state index contributed by atoms with van der Waals surface area (Å²) in [6.07, 6.45) is 5.11. The predicted octanol–water partition coefficient (Wildman–Crippen LogP) is 1.29. The van der Waals surface area contributed by atoms with Crippen molar-refractivity contribution >= 4 is 5.97 Å². The van der Waals surface area contributed by atoms with Gasteiger partial charge >= 0.3 is 5.97 Å². The van der Waals surface area contributed by atoms with Crippen LogP contribution in [-0.4, -0.2) is 40.2 Å². The van der Waals surface area contributed by atoms with E-state index in [1.54, 1.807) is 23.2 Å². The molecule has 0 atom stereocenters. The zero-order valence-electron chi connectivity index (χ0n) is 12.6. The van der Waals surface area contributed by atoms with E-state index in [0.717, 1.165) is 5.69 Å². The van der Waals surface area contributed by atoms with Gasteiger partial charge in [0, 0.05) is 6.20 Å². The van der Waals surface area contributed by atoms with Crippen molar-refractivity contribution in [3.63, 3.8) is 0 Å². The van der Waals surface area contributed by atoms with E-state index < -0.39 is 5.97 Å². The van der Waals surface area contributed by atoms with Crippen LogP contribution in [0.15, 0.2) is 53.9 Å². The molecule has 2 aromatic heterocycles. The Balaban J connectivity index is 1.78. The maximum atomic E-state index is 11.6. The van der Waals surface area contributed by atoms with Crippen molar-refractivity contribution in [2.45, 2.75) is 6.54 Å². The number of rotatable bonds is 5. The Kier molecular flexibility index (Phi) is 4.05. The summed E-state index contributed by atoms with van der Waals surface area (Å²) >= 11 is 0. The van der Waals surface area contributed by atoms with Gasteiger partial charge in [-0.1, -0.05) is 11.3 Å². The highest BCUT2D eigenvalue weighted by Crippen LogP contribution is 2.27. The first-order chi connectivity index (χ1) is 11.2. The molecule has 0 radical (unpaired) electrons. The summed E-state index contributed by atoms with van der Waals surface area (Å²) in [5.74, 6) is 0.0293. The quantitative estimate of drug-likeness (QED) is 0.768. The first-order valence-electron chi connectivity index (χ1n) is 6.79. The number of pyridine rings is 1. The van der Waals surface area contributed by atoms with Crippen molar-refractivity contribution in [3.8, 4) is 11.4 Å². The first kappa shape index (κ1) is 14.8. The SMILES string of the molecule is COC1=C(OC)/C(=C/Cn2cc(-c3ccccn3)nn2)OC1=O. The molecule has 0 saturated heterocycles. The molecule has 23 heavy (non-hydrogen) atoms. The summed E-state index contributed by atoms with van der Waals surface area (Å²) in [6.45, 7) is 0.353. The lowest BCUT2D eigenvalue weighted by molar-refractivity contribution is -0.136. The molecule has 0 aromatic carbocycles. The third kappa shape index (κ3) is 2.91. The van der Waals surface area contributed by atoms with Gasteiger partial charge in [0.2, 0.25) is 5.76 Å². The number of methoxy groups -OCH3 is 2. The maximum absolute atomic E-state index is 11.6. The number of carbonyl (C=O) groups is 1. The molecule has 8 heteroatoms. The molecule has 3 heterocycles. The second kappa shape index (κ2) is 6.30. The van der Waals surface area contributed by atoms with Gasteiger partial charge in [0.05, 0.1) is 32.7 Å². The molecule has 0 unspecified atom stereocenters. The third-order valence-electron chi connectivity index (χ3n) is 3.16. The molecule has 1 aliphatic heterocycles. The Morgan fingerprint density at radius 3 is 2.74 bits per heavy atom. The molecule has 2 aromatic rings. The number of carbonyl (C=O) groups excluding carboxylic acids is 1. The molecule has 0 fully saturated rings. The second-order valence-electron chi connectivity index (χ2n) is 4.57. The standard InChI is InChI=1S/C15H14N4O4/c1-21-13-12(23-15(20)14(13)22-2)6-8-19-9-11(17-18-19)10-5-3-4-7-16-10/h3-7,9H,8H2,1-2H3/b12-6-. The summed E-state index contributed by atoms with van der Waals surface area (Å²) in [5, 5.41) is 8.08. The molecule has 0 amide bonds. The van der Waals surface area contributed by atoms with Crippen molar-refractivity contribution < 1.29 is 19.0 Å². The number of nitrogens with zero attached hydrogens (tertiary/aromatic N) is 4. The highest BCUT2D eigenvalue weighted by atomic mass is 16.6. The topological polar surface area (TPSA) is 88.4 Å². The van der Waals surface area contributed by atoms with E-state index >= 15 is 0 Å². The van der Waals surface area contributed by atoms with Gasteiger partial charge in [-0.3, -0.25) is 4.98 Å². The van der Waals surface area contributed by atoms with Crippen LogP contribution in [0.1, 0.15) is 0 Å². The molecule has 3 rings (SSSR count). The third-order valence-corrected chi connectivity index (χ3v) is 3.16. The summed E-state index contributed by atoms with van der Waals surface area (Å²) in [6, 6.07) is 5.56. The van der Waals surface area contributed by atoms with Crippen molar-refractivity contribution in [1.82, 2.24) is 20.0 Å². The fourth-order valence-electron chi connectivity index (χ4n) is 2.10. The average Bonchev–Trinajstić information content (AvgIpc) is 3.17. The van der Waals surface area contributed by atoms with Crippen LogP contribution in [-0.2, 0) is 25.5 Å². The van der Waals surface area contributed by atoms with Crippen LogP contribution in [0, 0.1) is 0 Å². The number of allylic oxidation sites excluding steroid dienone is 1. The maximum Gasteiger partial charge on any atom is 0.383 e. The minimum absolute atomic E-state index is 0.0477. The van der Waals surface area contributed by atoms with Gasteiger partial charge in [-0.25, -0.2) is 9.48 Å². The largest absolute Gasteiger partial charge is 0.490 e. The molecule has 8 nitrogen and oxygen atoms in total. The lowest BCUT2D eigenvalue weighted by Crippen LogP contribution is -2.01. The van der Waals surface area contributed by atoms with Crippen molar-refractivity contribution in [2.75, 3.05) is 14.2 Å². The number of esters is 1. The molecule has 0 saturated carbocycles. The van der Waals surface area contributed by atoms with Crippen LogP contribution in [0.2, 0.25) is 0 Å². The van der Waals surface area contributed by atoms with Gasteiger partial charge < -0.3 is 14.2 Å². The van der Waals surface area contributed by atoms with Gasteiger partial charge in [-0.15, -0.1) is 5.10 Å². The number of aromatic nitrogens is 4. The smallest absolute Gasteiger partial charge is 0.383 e. The molecule has 0 N–H and O–H groups in total. The van der Waals surface area contributed by atoms with Crippen LogP contribution in [0.25, 0.3) is 11.4 Å². The van der Waals surface area contributed by atoms with E-state index in [2.05, 4.69) is 15.3 Å². The Bertz CT molecular complexity index is 780. The van der Waals surface area contributed by atoms with Gasteiger partial charge in [0.25, 0.3) is 5.76 Å². The molecule has 0 bridgehead atoms. The zero-order chi connectivity index (χ0) is 16.2. The van der Waals surface area contributed by atoms with Crippen LogP contribution >= 0.6 is 0 Å². The van der Waals surface area contributed by atoms with E-state index in [1.807, 2.05) is 18.2 Å². The van der Waals surface area contributed by atoms with Crippen LogP contribution in [0.5, 0.6) is 0 Å². The summed E-state index contributed by atoms with van der Waals surface area (Å²) < 4.78 is 16.8. The number of hydrogen-bond acceptors (Lipinski definition) is 7. The Labute approximate surface area is 132 Å². The van der Waals surface area contributed by atoms with E-state index in [9.17, 15) is 4.79 Å².